The van der Waals surface area contributed by atoms with Gasteiger partial charge < -0.3 is 15.8 Å². The summed E-state index contributed by atoms with van der Waals surface area (Å²) in [7, 11) is 3.92. The summed E-state index contributed by atoms with van der Waals surface area (Å²) in [6.45, 7) is 0.815. The van der Waals surface area contributed by atoms with E-state index in [1.54, 1.807) is 6.20 Å². The maximum atomic E-state index is 8.84. The molecule has 0 aliphatic carbocycles. The zero-order valence-corrected chi connectivity index (χ0v) is 11.7. The van der Waals surface area contributed by atoms with E-state index in [0.717, 1.165) is 29.9 Å². The molecular formula is C14H19N5O. The number of aryl methyl sites for hydroxylation is 1. The summed E-state index contributed by atoms with van der Waals surface area (Å²) in [4.78, 5) is 2.08. The molecule has 0 bridgehead atoms. The Morgan fingerprint density at radius 1 is 1.40 bits per heavy atom. The fraction of sp³-hybridized carbons (Fsp3) is 0.286. The Morgan fingerprint density at radius 2 is 2.15 bits per heavy atom. The highest BCUT2D eigenvalue weighted by Crippen LogP contribution is 2.19. The van der Waals surface area contributed by atoms with Gasteiger partial charge in [0.25, 0.3) is 0 Å². The number of nitrogens with zero attached hydrogens (tertiary/aromatic N) is 4. The highest BCUT2D eigenvalue weighted by atomic mass is 16.4. The van der Waals surface area contributed by atoms with Gasteiger partial charge in [-0.1, -0.05) is 17.3 Å². The number of para-hydroxylation sites is 1. The normalized spacial score (nSPS) is 11.6. The van der Waals surface area contributed by atoms with E-state index in [2.05, 4.69) is 15.2 Å². The standard InChI is InChI=1S/C14H19N5O/c1-18(10-8-11-7-9-16-19(11)2)13-6-4-3-5-12(13)14(15)17-20/h3-7,9,20H,8,10H2,1-2H3,(H2,15,17). The van der Waals surface area contributed by atoms with Gasteiger partial charge in [0.05, 0.1) is 0 Å². The van der Waals surface area contributed by atoms with Crippen LogP contribution >= 0.6 is 0 Å². The first kappa shape index (κ1) is 13.9. The summed E-state index contributed by atoms with van der Waals surface area (Å²) < 4.78 is 1.86. The van der Waals surface area contributed by atoms with Crippen LogP contribution in [0.2, 0.25) is 0 Å². The molecule has 0 aliphatic rings. The number of hydrogen-bond donors (Lipinski definition) is 2. The van der Waals surface area contributed by atoms with Crippen LogP contribution < -0.4 is 10.6 Å². The molecule has 0 unspecified atom stereocenters. The number of anilines is 1. The van der Waals surface area contributed by atoms with Crippen molar-refractivity contribution in [2.24, 2.45) is 17.9 Å². The smallest absolute Gasteiger partial charge is 0.172 e. The van der Waals surface area contributed by atoms with Gasteiger partial charge in [-0.2, -0.15) is 5.10 Å². The minimum atomic E-state index is 0.119. The zero-order valence-electron chi connectivity index (χ0n) is 11.7. The van der Waals surface area contributed by atoms with Crippen LogP contribution in [0.15, 0.2) is 41.7 Å². The van der Waals surface area contributed by atoms with Crippen molar-refractivity contribution in [3.05, 3.63) is 47.8 Å². The van der Waals surface area contributed by atoms with Gasteiger partial charge in [-0.05, 0) is 18.2 Å². The largest absolute Gasteiger partial charge is 0.409 e. The Morgan fingerprint density at radius 3 is 2.80 bits per heavy atom. The van der Waals surface area contributed by atoms with Crippen molar-refractivity contribution in [2.75, 3.05) is 18.5 Å². The molecule has 2 rings (SSSR count). The molecule has 6 heteroatoms. The molecule has 0 saturated carbocycles. The number of aromatic nitrogens is 2. The molecule has 6 nitrogen and oxygen atoms in total. The van der Waals surface area contributed by atoms with Crippen molar-refractivity contribution in [1.82, 2.24) is 9.78 Å². The third-order valence-corrected chi connectivity index (χ3v) is 3.32. The summed E-state index contributed by atoms with van der Waals surface area (Å²) in [5.41, 5.74) is 8.53. The molecule has 1 aromatic heterocycles. The second kappa shape index (κ2) is 6.10. The predicted octanol–water partition coefficient (Wildman–Crippen LogP) is 1.19. The van der Waals surface area contributed by atoms with E-state index >= 15 is 0 Å². The molecule has 0 fully saturated rings. The molecule has 0 atom stereocenters. The first-order valence-corrected chi connectivity index (χ1v) is 6.38. The third-order valence-electron chi connectivity index (χ3n) is 3.32. The molecular weight excluding hydrogens is 254 g/mol. The average Bonchev–Trinajstić information content (AvgIpc) is 2.89. The van der Waals surface area contributed by atoms with Crippen molar-refractivity contribution >= 4 is 11.5 Å². The number of nitrogens with two attached hydrogens (primary N) is 1. The molecule has 0 aliphatic heterocycles. The zero-order chi connectivity index (χ0) is 14.5. The van der Waals surface area contributed by atoms with Crippen LogP contribution in [-0.4, -0.2) is 34.4 Å². The van der Waals surface area contributed by atoms with Crippen molar-refractivity contribution in [3.8, 4) is 0 Å². The lowest BCUT2D eigenvalue weighted by Crippen LogP contribution is -2.25. The Balaban J connectivity index is 2.13. The van der Waals surface area contributed by atoms with Gasteiger partial charge in [0.1, 0.15) is 0 Å². The van der Waals surface area contributed by atoms with Crippen LogP contribution in [0.5, 0.6) is 0 Å². The maximum absolute atomic E-state index is 8.84. The molecule has 1 aromatic carbocycles. The summed E-state index contributed by atoms with van der Waals surface area (Å²) in [6, 6.07) is 9.60. The van der Waals surface area contributed by atoms with Crippen molar-refractivity contribution in [1.29, 1.82) is 0 Å². The Labute approximate surface area is 118 Å². The number of hydrogen-bond acceptors (Lipinski definition) is 4. The summed E-state index contributed by atoms with van der Waals surface area (Å²) in [5, 5.41) is 16.1. The lowest BCUT2D eigenvalue weighted by molar-refractivity contribution is 0.318. The molecule has 0 saturated heterocycles. The van der Waals surface area contributed by atoms with Crippen LogP contribution in [0.3, 0.4) is 0 Å². The number of likely N-dealkylation sites (N-methyl/N-ethyl adjacent to an activating group) is 1. The fourth-order valence-corrected chi connectivity index (χ4v) is 2.13. The van der Waals surface area contributed by atoms with Gasteiger partial charge in [-0.15, -0.1) is 0 Å². The van der Waals surface area contributed by atoms with Crippen molar-refractivity contribution < 1.29 is 5.21 Å². The van der Waals surface area contributed by atoms with Crippen LogP contribution in [0, 0.1) is 0 Å². The Bertz CT molecular complexity index is 605. The highest BCUT2D eigenvalue weighted by Gasteiger charge is 2.11. The van der Waals surface area contributed by atoms with Crippen molar-refractivity contribution in [3.63, 3.8) is 0 Å². The van der Waals surface area contributed by atoms with Crippen LogP contribution in [0.25, 0.3) is 0 Å². The molecule has 20 heavy (non-hydrogen) atoms. The number of oxime groups is 1. The lowest BCUT2D eigenvalue weighted by atomic mass is 10.1. The molecule has 0 radical (unpaired) electrons. The topological polar surface area (TPSA) is 79.7 Å². The summed E-state index contributed by atoms with van der Waals surface area (Å²) >= 11 is 0. The van der Waals surface area contributed by atoms with E-state index in [1.807, 2.05) is 49.1 Å². The van der Waals surface area contributed by atoms with E-state index in [1.165, 1.54) is 0 Å². The lowest BCUT2D eigenvalue weighted by Gasteiger charge is -2.22. The van der Waals surface area contributed by atoms with E-state index in [9.17, 15) is 0 Å². The molecule has 0 spiro atoms. The van der Waals surface area contributed by atoms with E-state index in [0.29, 0.717) is 0 Å². The number of benzene rings is 1. The van der Waals surface area contributed by atoms with Gasteiger partial charge in [-0.25, -0.2) is 0 Å². The van der Waals surface area contributed by atoms with E-state index in [4.69, 9.17) is 10.9 Å². The molecule has 3 N–H and O–H groups in total. The van der Waals surface area contributed by atoms with Crippen LogP contribution in [-0.2, 0) is 13.5 Å². The second-order valence-corrected chi connectivity index (χ2v) is 4.62. The summed E-state index contributed by atoms with van der Waals surface area (Å²) in [6.07, 6.45) is 2.66. The number of amidine groups is 1. The van der Waals surface area contributed by atoms with Gasteiger partial charge >= 0.3 is 0 Å². The Hall–Kier alpha value is -2.50. The van der Waals surface area contributed by atoms with E-state index < -0.39 is 0 Å². The fourth-order valence-electron chi connectivity index (χ4n) is 2.13. The molecule has 106 valence electrons. The minimum absolute atomic E-state index is 0.119. The first-order valence-electron chi connectivity index (χ1n) is 6.38. The van der Waals surface area contributed by atoms with Gasteiger partial charge in [0, 0.05) is 50.2 Å². The highest BCUT2D eigenvalue weighted by molar-refractivity contribution is 6.02. The van der Waals surface area contributed by atoms with Gasteiger partial charge in [-0.3, -0.25) is 4.68 Å². The molecule has 0 amide bonds. The second-order valence-electron chi connectivity index (χ2n) is 4.62. The number of rotatable bonds is 5. The quantitative estimate of drug-likeness (QED) is 0.371. The van der Waals surface area contributed by atoms with Crippen LogP contribution in [0.4, 0.5) is 5.69 Å². The maximum Gasteiger partial charge on any atom is 0.172 e. The minimum Gasteiger partial charge on any atom is -0.409 e. The van der Waals surface area contributed by atoms with Gasteiger partial charge in [0.15, 0.2) is 5.84 Å². The Kier molecular flexibility index (Phi) is 4.24. The van der Waals surface area contributed by atoms with E-state index in [-0.39, 0.29) is 5.84 Å². The average molecular weight is 273 g/mol. The predicted molar refractivity (Wildman–Crippen MR) is 79.1 cm³/mol. The molecule has 2 aromatic rings. The van der Waals surface area contributed by atoms with Crippen LogP contribution in [0.1, 0.15) is 11.3 Å². The summed E-state index contributed by atoms with van der Waals surface area (Å²) in [5.74, 6) is 0.119. The van der Waals surface area contributed by atoms with Gasteiger partial charge in [0.2, 0.25) is 0 Å². The van der Waals surface area contributed by atoms with Crippen molar-refractivity contribution in [2.45, 2.75) is 6.42 Å². The molecule has 1 heterocycles. The third kappa shape index (κ3) is 2.90. The monoisotopic (exact) mass is 273 g/mol. The first-order chi connectivity index (χ1) is 9.63. The SMILES string of the molecule is CN(CCc1ccnn1C)c1ccccc1/C(N)=N/O.